The number of esters is 1. The van der Waals surface area contributed by atoms with Crippen LogP contribution in [-0.2, 0) is 20.9 Å². The van der Waals surface area contributed by atoms with E-state index in [0.29, 0.717) is 5.57 Å². The van der Waals surface area contributed by atoms with Gasteiger partial charge in [-0.3, -0.25) is 9.69 Å². The van der Waals surface area contributed by atoms with E-state index in [1.807, 2.05) is 36.4 Å². The quantitative estimate of drug-likeness (QED) is 0.121. The molecule has 1 saturated heterocycles. The van der Waals surface area contributed by atoms with Crippen molar-refractivity contribution in [3.63, 3.8) is 0 Å². The highest BCUT2D eigenvalue weighted by atomic mass is 35.5. The van der Waals surface area contributed by atoms with E-state index in [-0.39, 0.29) is 18.2 Å². The summed E-state index contributed by atoms with van der Waals surface area (Å²) in [4.78, 5) is 31.6. The molecule has 0 unspecified atom stereocenters. The molecule has 6 nitrogen and oxygen atoms in total. The number of aromatic nitrogens is 1. The molecule has 1 amide bonds. The van der Waals surface area contributed by atoms with Gasteiger partial charge in [0.2, 0.25) is 5.91 Å². The van der Waals surface area contributed by atoms with E-state index in [0.717, 1.165) is 25.9 Å². The fraction of sp³-hybridized carbons (Fsp3) is 0.261. The lowest BCUT2D eigenvalue weighted by molar-refractivity contribution is -0.149. The number of thiazole rings is 1. The van der Waals surface area contributed by atoms with Crippen molar-refractivity contribution < 1.29 is 19.1 Å². The van der Waals surface area contributed by atoms with E-state index in [1.54, 1.807) is 44.4 Å². The van der Waals surface area contributed by atoms with Crippen molar-refractivity contribution >= 4 is 66.6 Å². The summed E-state index contributed by atoms with van der Waals surface area (Å²) in [5, 5.41) is -1.13. The molecule has 0 saturated carbocycles. The maximum absolute atomic E-state index is 12.9. The van der Waals surface area contributed by atoms with E-state index < -0.39 is 16.7 Å². The predicted octanol–water partition coefficient (Wildman–Crippen LogP) is 5.86. The van der Waals surface area contributed by atoms with E-state index in [9.17, 15) is 9.59 Å². The van der Waals surface area contributed by atoms with Crippen molar-refractivity contribution in [2.75, 3.05) is 7.11 Å². The first-order valence-corrected chi connectivity index (χ1v) is 13.5. The topological polar surface area (TPSA) is 68.7 Å². The van der Waals surface area contributed by atoms with Crippen LogP contribution in [0.5, 0.6) is 5.75 Å². The van der Waals surface area contributed by atoms with Crippen molar-refractivity contribution in [2.24, 2.45) is 0 Å². The molecule has 172 valence electrons. The van der Waals surface area contributed by atoms with Gasteiger partial charge in [-0.2, -0.15) is 0 Å². The van der Waals surface area contributed by atoms with Gasteiger partial charge >= 0.3 is 5.97 Å². The van der Waals surface area contributed by atoms with Crippen LogP contribution in [0.1, 0.15) is 19.4 Å². The van der Waals surface area contributed by atoms with Gasteiger partial charge in [0.15, 0.2) is 4.34 Å². The third kappa shape index (κ3) is 5.16. The Balaban J connectivity index is 1.44. The van der Waals surface area contributed by atoms with E-state index in [1.165, 1.54) is 26.5 Å². The predicted molar refractivity (Wildman–Crippen MR) is 135 cm³/mol. The number of carbonyl (C=O) groups excluding carboxylic acids is 2. The zero-order valence-electron chi connectivity index (χ0n) is 18.1. The standard InChI is InChI=1S/C23H21ClN2O4S3/c1-13(2)19(22(28)30-12-14-8-10-15(29-3)11-9-14)26-20(27)18(24)21(26)32-33-23-25-16-6-4-5-7-17(16)31-23/h4-11,18,21H,12H2,1-3H3/t18-,21+/m0/s1. The van der Waals surface area contributed by atoms with Crippen molar-refractivity contribution in [1.29, 1.82) is 0 Å². The van der Waals surface area contributed by atoms with E-state index >= 15 is 0 Å². The molecule has 0 N–H and O–H groups in total. The zero-order chi connectivity index (χ0) is 23.5. The number of nitrogens with zero attached hydrogens (tertiary/aromatic N) is 2. The first-order valence-electron chi connectivity index (χ1n) is 10.0. The minimum absolute atomic E-state index is 0.0875. The Kier molecular flexibility index (Phi) is 7.53. The molecule has 0 bridgehead atoms. The monoisotopic (exact) mass is 520 g/mol. The SMILES string of the molecule is COc1ccc(COC(=O)C(=C(C)C)N2C(=O)[C@H](Cl)[C@H]2SSc2nc3ccccc3s2)cc1. The lowest BCUT2D eigenvalue weighted by Gasteiger charge is -2.43. The number of halogens is 1. The van der Waals surface area contributed by atoms with Crippen LogP contribution in [0, 0.1) is 0 Å². The second-order valence-electron chi connectivity index (χ2n) is 7.40. The Morgan fingerprint density at radius 1 is 1.18 bits per heavy atom. The van der Waals surface area contributed by atoms with Gasteiger partial charge in [-0.1, -0.05) is 35.1 Å². The Labute approximate surface area is 208 Å². The summed E-state index contributed by atoms with van der Waals surface area (Å²) >= 11 is 7.91. The molecule has 2 aromatic carbocycles. The third-order valence-corrected chi connectivity index (χ3v) is 9.49. The van der Waals surface area contributed by atoms with Crippen molar-refractivity contribution in [3.05, 3.63) is 65.4 Å². The lowest BCUT2D eigenvalue weighted by Crippen LogP contribution is -2.60. The van der Waals surface area contributed by atoms with Crippen LogP contribution in [0.4, 0.5) is 0 Å². The van der Waals surface area contributed by atoms with E-state index in [4.69, 9.17) is 21.1 Å². The minimum atomic E-state index is -0.722. The normalized spacial score (nSPS) is 17.6. The number of para-hydroxylation sites is 1. The average Bonchev–Trinajstić information content (AvgIpc) is 3.24. The number of rotatable bonds is 8. The van der Waals surface area contributed by atoms with Crippen molar-refractivity contribution in [1.82, 2.24) is 9.88 Å². The molecule has 1 aliphatic heterocycles. The molecule has 3 aromatic rings. The first-order chi connectivity index (χ1) is 15.9. The molecular weight excluding hydrogens is 500 g/mol. The second-order valence-corrected chi connectivity index (χ2v) is 11.5. The molecule has 4 rings (SSSR count). The Hall–Kier alpha value is -2.20. The van der Waals surface area contributed by atoms with E-state index in [2.05, 4.69) is 4.98 Å². The van der Waals surface area contributed by atoms with Gasteiger partial charge in [-0.05, 0) is 60.0 Å². The summed E-state index contributed by atoms with van der Waals surface area (Å²) in [6, 6.07) is 15.2. The first kappa shape index (κ1) is 23.9. The zero-order valence-corrected chi connectivity index (χ0v) is 21.3. The lowest BCUT2D eigenvalue weighted by atomic mass is 10.1. The van der Waals surface area contributed by atoms with Crippen LogP contribution in [0.2, 0.25) is 0 Å². The molecule has 0 radical (unpaired) electrons. The molecular formula is C23H21ClN2O4S3. The molecule has 10 heteroatoms. The van der Waals surface area contributed by atoms with Gasteiger partial charge in [-0.25, -0.2) is 9.78 Å². The number of benzene rings is 2. The molecule has 2 atom stereocenters. The Morgan fingerprint density at radius 3 is 2.58 bits per heavy atom. The number of carbonyl (C=O) groups is 2. The number of likely N-dealkylation sites (tertiary alicyclic amines) is 1. The summed E-state index contributed by atoms with van der Waals surface area (Å²) in [5.41, 5.74) is 2.66. The Bertz CT molecular complexity index is 1170. The number of methoxy groups -OCH3 is 1. The van der Waals surface area contributed by atoms with Crippen LogP contribution in [0.15, 0.2) is 64.1 Å². The maximum Gasteiger partial charge on any atom is 0.355 e. The molecule has 1 aliphatic rings. The van der Waals surface area contributed by atoms with Crippen molar-refractivity contribution in [2.45, 2.75) is 35.5 Å². The molecule has 0 spiro atoms. The van der Waals surface area contributed by atoms with Crippen LogP contribution in [-0.4, -0.2) is 39.6 Å². The molecule has 0 aliphatic carbocycles. The van der Waals surface area contributed by atoms with Gasteiger partial charge in [0, 0.05) is 0 Å². The van der Waals surface area contributed by atoms with Gasteiger partial charge < -0.3 is 9.47 Å². The van der Waals surface area contributed by atoms with Crippen LogP contribution in [0.3, 0.4) is 0 Å². The fourth-order valence-electron chi connectivity index (χ4n) is 3.22. The van der Waals surface area contributed by atoms with Crippen LogP contribution in [0.25, 0.3) is 10.2 Å². The molecule has 33 heavy (non-hydrogen) atoms. The largest absolute Gasteiger partial charge is 0.497 e. The fourth-order valence-corrected chi connectivity index (χ4v) is 7.61. The van der Waals surface area contributed by atoms with Gasteiger partial charge in [0.05, 0.1) is 17.3 Å². The smallest absolute Gasteiger partial charge is 0.355 e. The third-order valence-electron chi connectivity index (χ3n) is 4.91. The summed E-state index contributed by atoms with van der Waals surface area (Å²) in [7, 11) is 4.46. The van der Waals surface area contributed by atoms with Crippen LogP contribution < -0.4 is 4.74 Å². The summed E-state index contributed by atoms with van der Waals surface area (Å²) in [6.07, 6.45) is 0. The number of hydrogen-bond acceptors (Lipinski definition) is 8. The number of β-lactam (4-membered cyclic amide) rings is 1. The van der Waals surface area contributed by atoms with Gasteiger partial charge in [0.1, 0.15) is 28.8 Å². The summed E-state index contributed by atoms with van der Waals surface area (Å²) in [6.45, 7) is 3.65. The Morgan fingerprint density at radius 2 is 1.91 bits per heavy atom. The van der Waals surface area contributed by atoms with Gasteiger partial charge in [-0.15, -0.1) is 22.9 Å². The molecule has 2 heterocycles. The number of hydrogen-bond donors (Lipinski definition) is 0. The van der Waals surface area contributed by atoms with Crippen LogP contribution >= 0.6 is 44.5 Å². The summed E-state index contributed by atoms with van der Waals surface area (Å²) in [5.74, 6) is -0.144. The number of allylic oxidation sites excluding steroid dienone is 1. The molecule has 1 fully saturated rings. The number of alkyl halides is 1. The van der Waals surface area contributed by atoms with Gasteiger partial charge in [0.25, 0.3) is 0 Å². The highest BCUT2D eigenvalue weighted by Crippen LogP contribution is 2.47. The highest BCUT2D eigenvalue weighted by Gasteiger charge is 2.51. The number of ether oxygens (including phenoxy) is 2. The van der Waals surface area contributed by atoms with Crippen molar-refractivity contribution in [3.8, 4) is 5.75 Å². The average molecular weight is 521 g/mol. The minimum Gasteiger partial charge on any atom is -0.497 e. The number of amides is 1. The summed E-state index contributed by atoms with van der Waals surface area (Å²) < 4.78 is 12.6. The second kappa shape index (κ2) is 10.4. The number of fused-ring (bicyclic) bond motifs is 1. The maximum atomic E-state index is 12.9. The molecule has 1 aromatic heterocycles. The highest BCUT2D eigenvalue weighted by molar-refractivity contribution is 8.77.